The maximum atomic E-state index is 13.0. The van der Waals surface area contributed by atoms with Gasteiger partial charge in [0.05, 0.1) is 5.69 Å². The van der Waals surface area contributed by atoms with Gasteiger partial charge in [-0.25, -0.2) is 4.39 Å². The van der Waals surface area contributed by atoms with Crippen LogP contribution in [0.25, 0.3) is 0 Å². The summed E-state index contributed by atoms with van der Waals surface area (Å²) in [4.78, 5) is 11.9. The second-order valence-electron chi connectivity index (χ2n) is 4.42. The van der Waals surface area contributed by atoms with Crippen molar-refractivity contribution < 1.29 is 9.18 Å². The number of aryl methyl sites for hydroxylation is 1. The van der Waals surface area contributed by atoms with Crippen LogP contribution in [0.2, 0.25) is 0 Å². The molecule has 20 heavy (non-hydrogen) atoms. The molecule has 0 aliphatic carbocycles. The second-order valence-corrected chi connectivity index (χ2v) is 5.58. The third-order valence-electron chi connectivity index (χ3n) is 2.80. The average Bonchev–Trinajstić information content (AvgIpc) is 2.40. The molecule has 0 spiro atoms. The number of carbonyl (C=O) groups excluding carboxylic acids is 1. The summed E-state index contributed by atoms with van der Waals surface area (Å²) in [6.07, 6.45) is 0.978. The zero-order chi connectivity index (χ0) is 14.5. The van der Waals surface area contributed by atoms with Gasteiger partial charge in [-0.1, -0.05) is 12.1 Å². The predicted octanol–water partition coefficient (Wildman–Crippen LogP) is 3.58. The van der Waals surface area contributed by atoms with Gasteiger partial charge in [0, 0.05) is 15.7 Å². The fraction of sp³-hybridized carbons (Fsp3) is 0.133. The number of rotatable bonds is 4. The summed E-state index contributed by atoms with van der Waals surface area (Å²) in [6.45, 7) is 0. The smallest absolute Gasteiger partial charge is 0.224 e. The van der Waals surface area contributed by atoms with Crippen molar-refractivity contribution in [1.82, 2.24) is 0 Å². The standard InChI is InChI=1S/C15H14FIN2O/c16-11-5-6-14(13(17)9-11)19-15(20)7-4-10-2-1-3-12(18)8-10/h1-3,5-6,8-9H,4,7,18H2,(H,19,20). The molecule has 0 aliphatic heterocycles. The van der Waals surface area contributed by atoms with Gasteiger partial charge in [-0.15, -0.1) is 0 Å². The Kier molecular flexibility index (Phi) is 4.94. The Morgan fingerprint density at radius 1 is 1.25 bits per heavy atom. The van der Waals surface area contributed by atoms with Crippen LogP contribution in [-0.2, 0) is 11.2 Å². The Morgan fingerprint density at radius 3 is 2.75 bits per heavy atom. The molecule has 0 unspecified atom stereocenters. The molecule has 0 bridgehead atoms. The third-order valence-corrected chi connectivity index (χ3v) is 3.69. The number of hydrogen-bond acceptors (Lipinski definition) is 2. The minimum absolute atomic E-state index is 0.100. The number of anilines is 2. The van der Waals surface area contributed by atoms with Crippen molar-refractivity contribution in [3.63, 3.8) is 0 Å². The van der Waals surface area contributed by atoms with Crippen LogP contribution >= 0.6 is 22.6 Å². The molecular formula is C15H14FIN2O. The number of nitrogens with one attached hydrogen (secondary N) is 1. The Bertz CT molecular complexity index is 631. The summed E-state index contributed by atoms with van der Waals surface area (Å²) in [5.41, 5.74) is 8.03. The fourth-order valence-corrected chi connectivity index (χ4v) is 2.42. The van der Waals surface area contributed by atoms with E-state index in [2.05, 4.69) is 5.32 Å². The van der Waals surface area contributed by atoms with Crippen LogP contribution in [0.3, 0.4) is 0 Å². The summed E-state index contributed by atoms with van der Waals surface area (Å²) in [7, 11) is 0. The minimum atomic E-state index is -0.313. The maximum absolute atomic E-state index is 13.0. The van der Waals surface area contributed by atoms with Crippen LogP contribution in [0.15, 0.2) is 42.5 Å². The largest absolute Gasteiger partial charge is 0.399 e. The molecule has 2 rings (SSSR count). The predicted molar refractivity (Wildman–Crippen MR) is 86.9 cm³/mol. The molecule has 0 atom stereocenters. The van der Waals surface area contributed by atoms with Gasteiger partial charge < -0.3 is 11.1 Å². The van der Waals surface area contributed by atoms with E-state index in [4.69, 9.17) is 5.73 Å². The Hall–Kier alpha value is -1.63. The highest BCUT2D eigenvalue weighted by atomic mass is 127. The molecule has 104 valence electrons. The van der Waals surface area contributed by atoms with Gasteiger partial charge in [-0.2, -0.15) is 0 Å². The van der Waals surface area contributed by atoms with E-state index in [0.717, 1.165) is 5.56 Å². The van der Waals surface area contributed by atoms with E-state index in [1.807, 2.05) is 46.9 Å². The van der Waals surface area contributed by atoms with Crippen molar-refractivity contribution in [3.05, 3.63) is 57.4 Å². The highest BCUT2D eigenvalue weighted by Gasteiger charge is 2.07. The summed E-state index contributed by atoms with van der Waals surface area (Å²) in [5, 5.41) is 2.78. The normalized spacial score (nSPS) is 10.3. The molecule has 2 aromatic carbocycles. The van der Waals surface area contributed by atoms with Gasteiger partial charge in [0.2, 0.25) is 5.91 Å². The summed E-state index contributed by atoms with van der Waals surface area (Å²) >= 11 is 1.99. The third kappa shape index (κ3) is 4.19. The van der Waals surface area contributed by atoms with Gasteiger partial charge in [-0.05, 0) is 64.9 Å². The number of carbonyl (C=O) groups is 1. The highest BCUT2D eigenvalue weighted by molar-refractivity contribution is 14.1. The van der Waals surface area contributed by atoms with Crippen molar-refractivity contribution in [2.45, 2.75) is 12.8 Å². The Morgan fingerprint density at radius 2 is 2.05 bits per heavy atom. The van der Waals surface area contributed by atoms with Crippen molar-refractivity contribution in [2.24, 2.45) is 0 Å². The summed E-state index contributed by atoms with van der Waals surface area (Å²) < 4.78 is 13.6. The van der Waals surface area contributed by atoms with Gasteiger partial charge >= 0.3 is 0 Å². The first-order chi connectivity index (χ1) is 9.54. The van der Waals surface area contributed by atoms with E-state index in [1.165, 1.54) is 12.1 Å². The second kappa shape index (κ2) is 6.69. The average molecular weight is 384 g/mol. The fourth-order valence-electron chi connectivity index (χ4n) is 1.81. The molecule has 0 aromatic heterocycles. The van der Waals surface area contributed by atoms with Crippen LogP contribution < -0.4 is 11.1 Å². The maximum Gasteiger partial charge on any atom is 0.224 e. The number of benzene rings is 2. The lowest BCUT2D eigenvalue weighted by atomic mass is 10.1. The van der Waals surface area contributed by atoms with Gasteiger partial charge in [0.15, 0.2) is 0 Å². The molecule has 0 aliphatic rings. The van der Waals surface area contributed by atoms with Crippen molar-refractivity contribution in [2.75, 3.05) is 11.1 Å². The monoisotopic (exact) mass is 384 g/mol. The lowest BCUT2D eigenvalue weighted by Gasteiger charge is -2.08. The van der Waals surface area contributed by atoms with Gasteiger partial charge in [-0.3, -0.25) is 4.79 Å². The first kappa shape index (κ1) is 14.8. The molecule has 0 fully saturated rings. The van der Waals surface area contributed by atoms with Crippen molar-refractivity contribution >= 4 is 39.9 Å². The molecule has 3 nitrogen and oxygen atoms in total. The van der Waals surface area contributed by atoms with Crippen molar-refractivity contribution in [1.29, 1.82) is 0 Å². The number of hydrogen-bond donors (Lipinski definition) is 2. The highest BCUT2D eigenvalue weighted by Crippen LogP contribution is 2.19. The van der Waals surface area contributed by atoms with E-state index in [9.17, 15) is 9.18 Å². The molecule has 0 saturated carbocycles. The molecular weight excluding hydrogens is 370 g/mol. The van der Waals surface area contributed by atoms with E-state index in [1.54, 1.807) is 6.07 Å². The van der Waals surface area contributed by atoms with Crippen LogP contribution in [0.5, 0.6) is 0 Å². The van der Waals surface area contributed by atoms with E-state index >= 15 is 0 Å². The van der Waals surface area contributed by atoms with Crippen LogP contribution in [0, 0.1) is 9.39 Å². The molecule has 2 aromatic rings. The van der Waals surface area contributed by atoms with Crippen LogP contribution in [0.1, 0.15) is 12.0 Å². The molecule has 0 saturated heterocycles. The van der Waals surface area contributed by atoms with Crippen LogP contribution in [-0.4, -0.2) is 5.91 Å². The first-order valence-electron chi connectivity index (χ1n) is 6.14. The molecule has 1 amide bonds. The zero-order valence-corrected chi connectivity index (χ0v) is 12.9. The molecule has 0 heterocycles. The van der Waals surface area contributed by atoms with E-state index in [0.29, 0.717) is 27.8 Å². The Labute approximate surface area is 130 Å². The van der Waals surface area contributed by atoms with Crippen molar-refractivity contribution in [3.8, 4) is 0 Å². The van der Waals surface area contributed by atoms with E-state index < -0.39 is 0 Å². The Balaban J connectivity index is 1.92. The molecule has 3 N–H and O–H groups in total. The first-order valence-corrected chi connectivity index (χ1v) is 7.22. The summed E-state index contributed by atoms with van der Waals surface area (Å²) in [5.74, 6) is -0.413. The van der Waals surface area contributed by atoms with Gasteiger partial charge in [0.25, 0.3) is 0 Å². The number of nitrogen functional groups attached to an aromatic ring is 1. The lowest BCUT2D eigenvalue weighted by Crippen LogP contribution is -2.13. The van der Waals surface area contributed by atoms with Gasteiger partial charge in [0.1, 0.15) is 5.82 Å². The topological polar surface area (TPSA) is 55.1 Å². The molecule has 5 heteroatoms. The quantitative estimate of drug-likeness (QED) is 0.626. The minimum Gasteiger partial charge on any atom is -0.399 e. The number of nitrogens with two attached hydrogens (primary N) is 1. The number of amides is 1. The summed E-state index contributed by atoms with van der Waals surface area (Å²) in [6, 6.07) is 11.7. The molecule has 0 radical (unpaired) electrons. The zero-order valence-electron chi connectivity index (χ0n) is 10.7. The van der Waals surface area contributed by atoms with E-state index in [-0.39, 0.29) is 11.7 Å². The number of halogens is 2. The van der Waals surface area contributed by atoms with Crippen LogP contribution in [0.4, 0.5) is 15.8 Å². The lowest BCUT2D eigenvalue weighted by molar-refractivity contribution is -0.116. The SMILES string of the molecule is Nc1cccc(CCC(=O)Nc2ccc(F)cc2I)c1.